The summed E-state index contributed by atoms with van der Waals surface area (Å²) < 4.78 is 2.00. The van der Waals surface area contributed by atoms with Crippen molar-refractivity contribution in [3.05, 3.63) is 18.1 Å². The van der Waals surface area contributed by atoms with E-state index in [9.17, 15) is 0 Å². The lowest BCUT2D eigenvalue weighted by Crippen LogP contribution is -3.00. The highest BCUT2D eigenvalue weighted by atomic mass is 35.5. The Kier molecular flexibility index (Phi) is 3.82. The summed E-state index contributed by atoms with van der Waals surface area (Å²) in [5, 5.41) is 3.06. The first-order valence-corrected chi connectivity index (χ1v) is 3.25. The van der Waals surface area contributed by atoms with Gasteiger partial charge in [0.05, 0.1) is 7.05 Å². The fourth-order valence-electron chi connectivity index (χ4n) is 0.840. The third-order valence-electron chi connectivity index (χ3n) is 1.60. The Morgan fingerprint density at radius 3 is 2.64 bits per heavy atom. The summed E-state index contributed by atoms with van der Waals surface area (Å²) in [7, 11) is 3.88. The number of nitrogens with zero attached hydrogens (tertiary/aromatic N) is 2. The Hall–Kier alpha value is -0.830. The van der Waals surface area contributed by atoms with Gasteiger partial charge in [0.25, 0.3) is 0 Å². The number of anilines is 1. The van der Waals surface area contributed by atoms with Gasteiger partial charge in [-0.05, 0) is 0 Å². The van der Waals surface area contributed by atoms with Crippen molar-refractivity contribution in [3.8, 4) is 0 Å². The van der Waals surface area contributed by atoms with Gasteiger partial charge in [-0.1, -0.05) is 0 Å². The van der Waals surface area contributed by atoms with Crippen LogP contribution in [-0.2, 0) is 7.05 Å². The molecule has 3 nitrogen and oxygen atoms in total. The zero-order valence-corrected chi connectivity index (χ0v) is 7.68. The average molecular weight is 174 g/mol. The van der Waals surface area contributed by atoms with Crippen molar-refractivity contribution in [1.29, 1.82) is 0 Å². The summed E-state index contributed by atoms with van der Waals surface area (Å²) in [5.41, 5.74) is 0. The fourth-order valence-corrected chi connectivity index (χ4v) is 0.840. The van der Waals surface area contributed by atoms with Gasteiger partial charge in [-0.25, -0.2) is 4.57 Å². The van der Waals surface area contributed by atoms with E-state index in [0.717, 1.165) is 11.6 Å². The van der Waals surface area contributed by atoms with Crippen LogP contribution in [0.3, 0.4) is 0 Å². The third kappa shape index (κ3) is 2.05. The van der Waals surface area contributed by atoms with Crippen LogP contribution in [0.1, 0.15) is 5.82 Å². The van der Waals surface area contributed by atoms with Crippen LogP contribution in [0.15, 0.2) is 12.3 Å². The summed E-state index contributed by atoms with van der Waals surface area (Å²) in [5.74, 6) is 2.08. The second-order valence-electron chi connectivity index (χ2n) is 2.19. The molecule has 1 aromatic rings. The van der Waals surface area contributed by atoms with Crippen LogP contribution in [0.25, 0.3) is 0 Å². The van der Waals surface area contributed by atoms with E-state index in [0.29, 0.717) is 0 Å². The van der Waals surface area contributed by atoms with Gasteiger partial charge < -0.3 is 17.7 Å². The van der Waals surface area contributed by atoms with E-state index < -0.39 is 0 Å². The lowest BCUT2D eigenvalue weighted by atomic mass is 10.5. The highest BCUT2D eigenvalue weighted by molar-refractivity contribution is 5.24. The molecule has 1 heterocycles. The van der Waals surface area contributed by atoms with Gasteiger partial charge in [0, 0.05) is 20.0 Å². The Morgan fingerprint density at radius 1 is 1.55 bits per heavy atom. The van der Waals surface area contributed by atoms with Crippen LogP contribution < -0.4 is 22.3 Å². The van der Waals surface area contributed by atoms with E-state index in [1.54, 1.807) is 6.20 Å². The Bertz CT molecular complexity index is 237. The first-order chi connectivity index (χ1) is 4.75. The molecule has 0 saturated heterocycles. The van der Waals surface area contributed by atoms with Crippen LogP contribution in [0, 0.1) is 6.92 Å². The molecule has 11 heavy (non-hydrogen) atoms. The van der Waals surface area contributed by atoms with E-state index in [1.165, 1.54) is 0 Å². The maximum absolute atomic E-state index is 4.11. The standard InChI is InChI=1S/C7H11N3.ClH/c1-6-9-5-4-7(8-2)10(6)3;/h4-5H,1-3H3;1H. The molecule has 1 N–H and O–H groups in total. The van der Waals surface area contributed by atoms with Crippen molar-refractivity contribution in [2.75, 3.05) is 12.4 Å². The molecule has 0 fully saturated rings. The van der Waals surface area contributed by atoms with Crippen LogP contribution in [-0.4, -0.2) is 12.0 Å². The molecular formula is C7H12ClN3. The predicted octanol–water partition coefficient (Wildman–Crippen LogP) is -2.74. The van der Waals surface area contributed by atoms with Crippen LogP contribution in [0.4, 0.5) is 5.82 Å². The van der Waals surface area contributed by atoms with Gasteiger partial charge in [-0.2, -0.15) is 0 Å². The van der Waals surface area contributed by atoms with Gasteiger partial charge in [0.1, 0.15) is 6.20 Å². The minimum absolute atomic E-state index is 0. The molecule has 4 heteroatoms. The van der Waals surface area contributed by atoms with Crippen molar-refractivity contribution >= 4 is 5.82 Å². The lowest BCUT2D eigenvalue weighted by molar-refractivity contribution is -0.666. The monoisotopic (exact) mass is 173 g/mol. The second kappa shape index (κ2) is 4.13. The Balaban J connectivity index is 0.000001000. The van der Waals surface area contributed by atoms with Crippen molar-refractivity contribution in [1.82, 2.24) is 4.98 Å². The fraction of sp³-hybridized carbons (Fsp3) is 0.429. The van der Waals surface area contributed by atoms with Crippen molar-refractivity contribution in [2.24, 2.45) is 7.05 Å². The van der Waals surface area contributed by atoms with Crippen molar-refractivity contribution in [2.45, 2.75) is 6.92 Å². The van der Waals surface area contributed by atoms with Crippen LogP contribution in [0.2, 0.25) is 0 Å². The van der Waals surface area contributed by atoms with Crippen molar-refractivity contribution < 1.29 is 17.0 Å². The van der Waals surface area contributed by atoms with Gasteiger partial charge >= 0.3 is 0 Å². The summed E-state index contributed by atoms with van der Waals surface area (Å²) in [6, 6.07) is 1.94. The first-order valence-electron chi connectivity index (χ1n) is 3.25. The van der Waals surface area contributed by atoms with E-state index in [1.807, 2.05) is 31.7 Å². The quantitative estimate of drug-likeness (QED) is 0.467. The molecule has 0 amide bonds. The highest BCUT2D eigenvalue weighted by Crippen LogP contribution is 1.94. The molecule has 0 saturated carbocycles. The number of aromatic nitrogens is 2. The lowest BCUT2D eigenvalue weighted by Gasteiger charge is -2.00. The maximum atomic E-state index is 4.11. The summed E-state index contributed by atoms with van der Waals surface area (Å²) in [6.45, 7) is 1.97. The minimum atomic E-state index is 0. The number of hydrogen-bond acceptors (Lipinski definition) is 2. The Morgan fingerprint density at radius 2 is 2.18 bits per heavy atom. The molecule has 1 aromatic heterocycles. The summed E-state index contributed by atoms with van der Waals surface area (Å²) in [6.07, 6.45) is 1.79. The van der Waals surface area contributed by atoms with Gasteiger partial charge in [0.15, 0.2) is 0 Å². The van der Waals surface area contributed by atoms with E-state index in [-0.39, 0.29) is 12.4 Å². The van der Waals surface area contributed by atoms with Crippen molar-refractivity contribution in [3.63, 3.8) is 0 Å². The van der Waals surface area contributed by atoms with E-state index >= 15 is 0 Å². The molecule has 0 bridgehead atoms. The second-order valence-corrected chi connectivity index (χ2v) is 2.19. The molecule has 0 atom stereocenters. The average Bonchev–Trinajstić information content (AvgIpc) is 1.95. The largest absolute Gasteiger partial charge is 1.00 e. The minimum Gasteiger partial charge on any atom is -1.00 e. The summed E-state index contributed by atoms with van der Waals surface area (Å²) >= 11 is 0. The zero-order valence-electron chi connectivity index (χ0n) is 6.93. The highest BCUT2D eigenvalue weighted by Gasteiger charge is 2.02. The number of nitrogens with one attached hydrogen (secondary N) is 1. The number of aryl methyl sites for hydroxylation is 1. The molecule has 1 rings (SSSR count). The van der Waals surface area contributed by atoms with Gasteiger partial charge in [0.2, 0.25) is 11.6 Å². The Labute approximate surface area is 72.9 Å². The SMILES string of the molecule is CNc1ccnc(C)[n+]1C.[Cl-]. The molecule has 0 spiro atoms. The first kappa shape index (κ1) is 10.2. The maximum Gasteiger partial charge on any atom is 0.234 e. The molecule has 0 aliphatic heterocycles. The molecule has 0 unspecified atom stereocenters. The molecule has 62 valence electrons. The molecule has 0 aliphatic carbocycles. The van der Waals surface area contributed by atoms with E-state index in [4.69, 9.17) is 0 Å². The molecule has 0 aliphatic rings. The molecule has 0 aromatic carbocycles. The molecule has 0 radical (unpaired) electrons. The number of hydrogen-bond donors (Lipinski definition) is 1. The van der Waals surface area contributed by atoms with Gasteiger partial charge in [-0.3, -0.25) is 0 Å². The normalized spacial score (nSPS) is 8.64. The van der Waals surface area contributed by atoms with Crippen LogP contribution in [0.5, 0.6) is 0 Å². The third-order valence-corrected chi connectivity index (χ3v) is 1.60. The number of halogens is 1. The number of rotatable bonds is 1. The zero-order chi connectivity index (χ0) is 7.56. The topological polar surface area (TPSA) is 28.8 Å². The van der Waals surface area contributed by atoms with Crippen LogP contribution >= 0.6 is 0 Å². The van der Waals surface area contributed by atoms with E-state index in [2.05, 4.69) is 10.3 Å². The predicted molar refractivity (Wildman–Crippen MR) is 39.7 cm³/mol. The smallest absolute Gasteiger partial charge is 0.234 e. The van der Waals surface area contributed by atoms with Gasteiger partial charge in [-0.15, -0.1) is 4.98 Å². The molecular weight excluding hydrogens is 162 g/mol. The summed E-state index contributed by atoms with van der Waals surface area (Å²) in [4.78, 5) is 4.11.